The number of hydrogen-bond acceptors (Lipinski definition) is 3. The molecule has 0 aliphatic carbocycles. The molecule has 1 aromatic rings. The van der Waals surface area contributed by atoms with Crippen molar-refractivity contribution >= 4 is 0 Å². The zero-order valence-electron chi connectivity index (χ0n) is 11.7. The first-order valence-corrected chi connectivity index (χ1v) is 6.42. The predicted octanol–water partition coefficient (Wildman–Crippen LogP) is 3.31. The second-order valence-electron chi connectivity index (χ2n) is 4.38. The number of halogens is 3. The van der Waals surface area contributed by atoms with E-state index in [4.69, 9.17) is 9.47 Å². The van der Waals surface area contributed by atoms with Gasteiger partial charge in [-0.25, -0.2) is 0 Å². The Labute approximate surface area is 117 Å². The average Bonchev–Trinajstić information content (AvgIpc) is 2.42. The van der Waals surface area contributed by atoms with E-state index in [2.05, 4.69) is 5.32 Å². The highest BCUT2D eigenvalue weighted by Gasteiger charge is 2.26. The van der Waals surface area contributed by atoms with Gasteiger partial charge < -0.3 is 14.8 Å². The molecule has 0 bridgehead atoms. The van der Waals surface area contributed by atoms with Gasteiger partial charge in [-0.15, -0.1) is 0 Å². The normalized spacial score (nSPS) is 13.2. The lowest BCUT2D eigenvalue weighted by molar-refractivity contribution is -0.138. The van der Waals surface area contributed by atoms with Crippen LogP contribution >= 0.6 is 0 Å². The Morgan fingerprint density at radius 3 is 2.55 bits per heavy atom. The zero-order valence-corrected chi connectivity index (χ0v) is 11.7. The molecule has 6 heteroatoms. The molecule has 0 heterocycles. The van der Waals surface area contributed by atoms with E-state index in [1.54, 1.807) is 14.2 Å². The predicted molar refractivity (Wildman–Crippen MR) is 70.9 cm³/mol. The number of ether oxygens (including phenoxy) is 2. The molecular weight excluding hydrogens is 271 g/mol. The van der Waals surface area contributed by atoms with Crippen molar-refractivity contribution in [3.63, 3.8) is 0 Å². The van der Waals surface area contributed by atoms with Crippen molar-refractivity contribution in [3.8, 4) is 5.75 Å². The lowest BCUT2D eigenvalue weighted by Crippen LogP contribution is -2.23. The standard InChI is InChI=1S/C14H20F3NO2/c1-18-12(10-20-9-5-8-14(15,16)17)11-6-3-4-7-13(11)19-2/h3-4,6-7,12,18H,5,8-10H2,1-2H3. The molecule has 0 saturated heterocycles. The summed E-state index contributed by atoms with van der Waals surface area (Å²) in [4.78, 5) is 0. The lowest BCUT2D eigenvalue weighted by atomic mass is 10.1. The van der Waals surface area contributed by atoms with Gasteiger partial charge in [-0.05, 0) is 19.5 Å². The fraction of sp³-hybridized carbons (Fsp3) is 0.571. The molecule has 0 radical (unpaired) electrons. The molecule has 0 aromatic heterocycles. The highest BCUT2D eigenvalue weighted by atomic mass is 19.4. The van der Waals surface area contributed by atoms with Gasteiger partial charge in [0.2, 0.25) is 0 Å². The maximum Gasteiger partial charge on any atom is 0.389 e. The monoisotopic (exact) mass is 291 g/mol. The third-order valence-corrected chi connectivity index (χ3v) is 2.90. The fourth-order valence-corrected chi connectivity index (χ4v) is 1.86. The maximum atomic E-state index is 12.0. The topological polar surface area (TPSA) is 30.5 Å². The van der Waals surface area contributed by atoms with Crippen molar-refractivity contribution in [2.24, 2.45) is 0 Å². The van der Waals surface area contributed by atoms with Crippen molar-refractivity contribution in [1.29, 1.82) is 0 Å². The van der Waals surface area contributed by atoms with Crippen LogP contribution in [0.1, 0.15) is 24.4 Å². The van der Waals surface area contributed by atoms with Gasteiger partial charge in [-0.2, -0.15) is 13.2 Å². The summed E-state index contributed by atoms with van der Waals surface area (Å²) in [6.45, 7) is 0.390. The quantitative estimate of drug-likeness (QED) is 0.745. The number of nitrogens with one attached hydrogen (secondary N) is 1. The molecule has 20 heavy (non-hydrogen) atoms. The van der Waals surface area contributed by atoms with Crippen LogP contribution in [0.4, 0.5) is 13.2 Å². The van der Waals surface area contributed by atoms with E-state index in [1.165, 1.54) is 0 Å². The van der Waals surface area contributed by atoms with Gasteiger partial charge in [-0.3, -0.25) is 0 Å². The molecule has 114 valence electrons. The second kappa shape index (κ2) is 8.11. The molecule has 0 spiro atoms. The Bertz CT molecular complexity index is 396. The van der Waals surface area contributed by atoms with Crippen molar-refractivity contribution in [3.05, 3.63) is 29.8 Å². The molecule has 0 fully saturated rings. The van der Waals surface area contributed by atoms with Gasteiger partial charge >= 0.3 is 6.18 Å². The van der Waals surface area contributed by atoms with Crippen molar-refractivity contribution < 1.29 is 22.6 Å². The van der Waals surface area contributed by atoms with Gasteiger partial charge in [-0.1, -0.05) is 18.2 Å². The Kier molecular flexibility index (Phi) is 6.81. The first kappa shape index (κ1) is 16.8. The highest BCUT2D eigenvalue weighted by Crippen LogP contribution is 2.25. The van der Waals surface area contributed by atoms with E-state index in [1.807, 2.05) is 24.3 Å². The Hall–Kier alpha value is -1.27. The van der Waals surface area contributed by atoms with Gasteiger partial charge in [0.25, 0.3) is 0 Å². The van der Waals surface area contributed by atoms with Crippen molar-refractivity contribution in [2.45, 2.75) is 25.1 Å². The molecule has 3 nitrogen and oxygen atoms in total. The van der Waals surface area contributed by atoms with Crippen LogP contribution in [-0.4, -0.2) is 33.5 Å². The summed E-state index contributed by atoms with van der Waals surface area (Å²) < 4.78 is 46.5. The van der Waals surface area contributed by atoms with Crippen LogP contribution in [0.25, 0.3) is 0 Å². The summed E-state index contributed by atoms with van der Waals surface area (Å²) in [6, 6.07) is 7.37. The number of para-hydroxylation sites is 1. The van der Waals surface area contributed by atoms with E-state index >= 15 is 0 Å². The number of likely N-dealkylation sites (N-methyl/N-ethyl adjacent to an activating group) is 1. The van der Waals surface area contributed by atoms with Crippen LogP contribution in [-0.2, 0) is 4.74 Å². The second-order valence-corrected chi connectivity index (χ2v) is 4.38. The van der Waals surface area contributed by atoms with Gasteiger partial charge in [0.05, 0.1) is 19.8 Å². The molecule has 0 amide bonds. The number of alkyl halides is 3. The largest absolute Gasteiger partial charge is 0.496 e. The zero-order chi connectivity index (χ0) is 15.0. The van der Waals surface area contributed by atoms with Crippen LogP contribution in [0, 0.1) is 0 Å². The summed E-state index contributed by atoms with van der Waals surface area (Å²) in [5, 5.41) is 3.07. The van der Waals surface area contributed by atoms with Crippen LogP contribution in [0.3, 0.4) is 0 Å². The third-order valence-electron chi connectivity index (χ3n) is 2.90. The fourth-order valence-electron chi connectivity index (χ4n) is 1.86. The first-order valence-electron chi connectivity index (χ1n) is 6.42. The lowest BCUT2D eigenvalue weighted by Gasteiger charge is -2.19. The van der Waals surface area contributed by atoms with Crippen molar-refractivity contribution in [2.75, 3.05) is 27.4 Å². The van der Waals surface area contributed by atoms with E-state index in [-0.39, 0.29) is 19.1 Å². The SMILES string of the molecule is CNC(COCCCC(F)(F)F)c1ccccc1OC. The smallest absolute Gasteiger partial charge is 0.389 e. The first-order chi connectivity index (χ1) is 9.48. The van der Waals surface area contributed by atoms with Crippen LogP contribution < -0.4 is 10.1 Å². The molecule has 1 unspecified atom stereocenters. The Morgan fingerprint density at radius 1 is 1.25 bits per heavy atom. The minimum Gasteiger partial charge on any atom is -0.496 e. The molecule has 0 aliphatic heterocycles. The number of rotatable bonds is 8. The van der Waals surface area contributed by atoms with Gasteiger partial charge in [0, 0.05) is 18.6 Å². The van der Waals surface area contributed by atoms with E-state index in [0.717, 1.165) is 11.3 Å². The molecule has 1 atom stereocenters. The van der Waals surface area contributed by atoms with E-state index in [9.17, 15) is 13.2 Å². The molecule has 1 aromatic carbocycles. The van der Waals surface area contributed by atoms with Crippen molar-refractivity contribution in [1.82, 2.24) is 5.32 Å². The summed E-state index contributed by atoms with van der Waals surface area (Å²) in [5.41, 5.74) is 0.924. The average molecular weight is 291 g/mol. The van der Waals surface area contributed by atoms with Crippen LogP contribution in [0.5, 0.6) is 5.75 Å². The molecule has 0 aliphatic rings. The van der Waals surface area contributed by atoms with Crippen LogP contribution in [0.15, 0.2) is 24.3 Å². The van der Waals surface area contributed by atoms with Crippen LogP contribution in [0.2, 0.25) is 0 Å². The molecule has 0 saturated carbocycles. The molecule has 1 rings (SSSR count). The number of benzene rings is 1. The van der Waals surface area contributed by atoms with E-state index < -0.39 is 12.6 Å². The minimum absolute atomic E-state index is 0.0220. The Morgan fingerprint density at radius 2 is 1.95 bits per heavy atom. The maximum absolute atomic E-state index is 12.0. The van der Waals surface area contributed by atoms with Gasteiger partial charge in [0.1, 0.15) is 5.75 Å². The van der Waals surface area contributed by atoms with E-state index in [0.29, 0.717) is 6.61 Å². The Balaban J connectivity index is 2.44. The summed E-state index contributed by atoms with van der Waals surface area (Å²) in [7, 11) is 3.35. The third kappa shape index (κ3) is 5.79. The minimum atomic E-state index is -4.12. The number of methoxy groups -OCH3 is 1. The summed E-state index contributed by atoms with van der Waals surface area (Å²) in [5.74, 6) is 0.728. The van der Waals surface area contributed by atoms with Gasteiger partial charge in [0.15, 0.2) is 0 Å². The molecular formula is C14H20F3NO2. The summed E-state index contributed by atoms with van der Waals surface area (Å²) in [6.07, 6.45) is -4.95. The molecule has 1 N–H and O–H groups in total. The summed E-state index contributed by atoms with van der Waals surface area (Å²) >= 11 is 0. The number of hydrogen-bond donors (Lipinski definition) is 1. The highest BCUT2D eigenvalue weighted by molar-refractivity contribution is 5.35.